The number of carbonyl (C=O) groups excluding carboxylic acids is 1. The van der Waals surface area contributed by atoms with Gasteiger partial charge in [0.2, 0.25) is 5.91 Å². The van der Waals surface area contributed by atoms with E-state index in [1.54, 1.807) is 7.11 Å². The highest BCUT2D eigenvalue weighted by Gasteiger charge is 2.39. The summed E-state index contributed by atoms with van der Waals surface area (Å²) in [5.74, 6) is 0.395. The minimum atomic E-state index is -0.424. The second-order valence-electron chi connectivity index (χ2n) is 6.64. The fourth-order valence-corrected chi connectivity index (χ4v) is 3.69. The van der Waals surface area contributed by atoms with Crippen LogP contribution in [0.15, 0.2) is 0 Å². The Balaban J connectivity index is 0.00000242. The van der Waals surface area contributed by atoms with Gasteiger partial charge in [0.25, 0.3) is 0 Å². The standard InChI is InChI=1S/C16H30N2O3.ClH/c1-21-12-16(7-9-17-10-8-16)15(20)18-11-14(19)13-5-3-2-4-6-13;/h13-14,17,19H,2-12H2,1H3,(H,18,20);1H. The number of piperidine rings is 1. The summed E-state index contributed by atoms with van der Waals surface area (Å²) in [6.45, 7) is 2.53. The lowest BCUT2D eigenvalue weighted by Gasteiger charge is -2.36. The number of rotatable bonds is 6. The molecule has 6 heteroatoms. The number of aliphatic hydroxyl groups excluding tert-OH is 1. The van der Waals surface area contributed by atoms with Gasteiger partial charge in [-0.1, -0.05) is 19.3 Å². The molecular formula is C16H31ClN2O3. The Morgan fingerprint density at radius 1 is 1.32 bits per heavy atom. The number of amides is 1. The van der Waals surface area contributed by atoms with Gasteiger partial charge in [-0.2, -0.15) is 0 Å². The van der Waals surface area contributed by atoms with Crippen LogP contribution in [-0.4, -0.2) is 50.5 Å². The maximum Gasteiger partial charge on any atom is 0.228 e. The van der Waals surface area contributed by atoms with Crippen molar-refractivity contribution >= 4 is 18.3 Å². The molecule has 22 heavy (non-hydrogen) atoms. The molecule has 3 N–H and O–H groups in total. The summed E-state index contributed by atoms with van der Waals surface area (Å²) in [6, 6.07) is 0. The third-order valence-electron chi connectivity index (χ3n) is 5.13. The highest BCUT2D eigenvalue weighted by Crippen LogP contribution is 2.30. The minimum Gasteiger partial charge on any atom is -0.391 e. The molecule has 0 aromatic carbocycles. The van der Waals surface area contributed by atoms with Gasteiger partial charge in [0.1, 0.15) is 0 Å². The second-order valence-corrected chi connectivity index (χ2v) is 6.64. The lowest BCUT2D eigenvalue weighted by Crippen LogP contribution is -2.51. The fraction of sp³-hybridized carbons (Fsp3) is 0.938. The molecule has 1 amide bonds. The van der Waals surface area contributed by atoms with Crippen molar-refractivity contribution in [3.63, 3.8) is 0 Å². The SMILES string of the molecule is COCC1(C(=O)NCC(O)C2CCCCC2)CCNCC1.Cl. The molecule has 0 radical (unpaired) electrons. The third kappa shape index (κ3) is 5.08. The summed E-state index contributed by atoms with van der Waals surface area (Å²) in [6.07, 6.45) is 7.05. The van der Waals surface area contributed by atoms with Crippen LogP contribution >= 0.6 is 12.4 Å². The zero-order valence-corrected chi connectivity index (χ0v) is 14.4. The third-order valence-corrected chi connectivity index (χ3v) is 5.13. The highest BCUT2D eigenvalue weighted by atomic mass is 35.5. The van der Waals surface area contributed by atoms with E-state index >= 15 is 0 Å². The zero-order chi connectivity index (χ0) is 15.1. The molecule has 130 valence electrons. The van der Waals surface area contributed by atoms with Crippen LogP contribution in [0.2, 0.25) is 0 Å². The van der Waals surface area contributed by atoms with E-state index in [1.807, 2.05) is 0 Å². The molecule has 0 aromatic rings. The molecule has 1 saturated heterocycles. The zero-order valence-electron chi connectivity index (χ0n) is 13.6. The van der Waals surface area contributed by atoms with Crippen LogP contribution in [-0.2, 0) is 9.53 Å². The van der Waals surface area contributed by atoms with Crippen molar-refractivity contribution in [2.75, 3.05) is 33.4 Å². The lowest BCUT2D eigenvalue weighted by molar-refractivity contribution is -0.136. The first-order valence-corrected chi connectivity index (χ1v) is 8.34. The predicted molar refractivity (Wildman–Crippen MR) is 89.3 cm³/mol. The first-order chi connectivity index (χ1) is 10.2. The molecule has 1 unspecified atom stereocenters. The molecule has 1 aliphatic carbocycles. The number of hydrogen-bond donors (Lipinski definition) is 3. The largest absolute Gasteiger partial charge is 0.391 e. The van der Waals surface area contributed by atoms with E-state index in [2.05, 4.69) is 10.6 Å². The van der Waals surface area contributed by atoms with Gasteiger partial charge in [-0.15, -0.1) is 12.4 Å². The maximum absolute atomic E-state index is 12.6. The van der Waals surface area contributed by atoms with Gasteiger partial charge in [-0.3, -0.25) is 4.79 Å². The number of nitrogens with one attached hydrogen (secondary N) is 2. The van der Waals surface area contributed by atoms with Crippen LogP contribution in [0.5, 0.6) is 0 Å². The second kappa shape index (κ2) is 9.71. The van der Waals surface area contributed by atoms with Crippen molar-refractivity contribution in [2.45, 2.75) is 51.0 Å². The first kappa shape index (κ1) is 19.7. The molecular weight excluding hydrogens is 304 g/mol. The maximum atomic E-state index is 12.6. The summed E-state index contributed by atoms with van der Waals surface area (Å²) >= 11 is 0. The molecule has 2 rings (SSSR count). The van der Waals surface area contributed by atoms with Crippen LogP contribution < -0.4 is 10.6 Å². The fourth-order valence-electron chi connectivity index (χ4n) is 3.69. The van der Waals surface area contributed by atoms with Gasteiger partial charge in [-0.25, -0.2) is 0 Å². The summed E-state index contributed by atoms with van der Waals surface area (Å²) in [7, 11) is 1.65. The monoisotopic (exact) mass is 334 g/mol. The average molecular weight is 335 g/mol. The number of hydrogen-bond acceptors (Lipinski definition) is 4. The number of halogens is 1. The van der Waals surface area contributed by atoms with E-state index < -0.39 is 11.5 Å². The van der Waals surface area contributed by atoms with Crippen molar-refractivity contribution in [3.8, 4) is 0 Å². The quantitative estimate of drug-likeness (QED) is 0.688. The van der Waals surface area contributed by atoms with Crippen LogP contribution in [0.25, 0.3) is 0 Å². The Bertz CT molecular complexity index is 324. The summed E-state index contributed by atoms with van der Waals surface area (Å²) in [4.78, 5) is 12.6. The van der Waals surface area contributed by atoms with Crippen LogP contribution in [0.4, 0.5) is 0 Å². The number of aliphatic hydroxyl groups is 1. The molecule has 1 heterocycles. The predicted octanol–water partition coefficient (Wildman–Crippen LogP) is 1.48. The van der Waals surface area contributed by atoms with Crippen LogP contribution in [0, 0.1) is 11.3 Å². The van der Waals surface area contributed by atoms with Gasteiger partial charge in [0.05, 0.1) is 18.1 Å². The van der Waals surface area contributed by atoms with Crippen molar-refractivity contribution in [1.82, 2.24) is 10.6 Å². The first-order valence-electron chi connectivity index (χ1n) is 8.34. The molecule has 2 fully saturated rings. The summed E-state index contributed by atoms with van der Waals surface area (Å²) in [5, 5.41) is 16.5. The van der Waals surface area contributed by atoms with Crippen molar-refractivity contribution in [1.29, 1.82) is 0 Å². The van der Waals surface area contributed by atoms with E-state index in [-0.39, 0.29) is 18.3 Å². The topological polar surface area (TPSA) is 70.6 Å². The van der Waals surface area contributed by atoms with E-state index in [1.165, 1.54) is 19.3 Å². The van der Waals surface area contributed by atoms with Gasteiger partial charge >= 0.3 is 0 Å². The van der Waals surface area contributed by atoms with E-state index in [9.17, 15) is 9.90 Å². The molecule has 5 nitrogen and oxygen atoms in total. The van der Waals surface area contributed by atoms with Crippen molar-refractivity contribution < 1.29 is 14.6 Å². The Morgan fingerprint density at radius 3 is 2.55 bits per heavy atom. The van der Waals surface area contributed by atoms with E-state index in [0.717, 1.165) is 38.8 Å². The van der Waals surface area contributed by atoms with Crippen LogP contribution in [0.3, 0.4) is 0 Å². The van der Waals surface area contributed by atoms with Gasteiger partial charge < -0.3 is 20.5 Å². The molecule has 2 aliphatic rings. The number of ether oxygens (including phenoxy) is 1. The van der Waals surface area contributed by atoms with Gasteiger partial charge in [-0.05, 0) is 44.7 Å². The number of methoxy groups -OCH3 is 1. The van der Waals surface area contributed by atoms with E-state index in [0.29, 0.717) is 19.1 Å². The smallest absolute Gasteiger partial charge is 0.228 e. The Hall–Kier alpha value is -0.360. The van der Waals surface area contributed by atoms with E-state index in [4.69, 9.17) is 4.74 Å². The van der Waals surface area contributed by atoms with Crippen molar-refractivity contribution in [2.24, 2.45) is 11.3 Å². The summed E-state index contributed by atoms with van der Waals surface area (Å²) < 4.78 is 5.28. The van der Waals surface area contributed by atoms with Crippen LogP contribution in [0.1, 0.15) is 44.9 Å². The lowest BCUT2D eigenvalue weighted by atomic mass is 9.78. The normalized spacial score (nSPS) is 23.4. The highest BCUT2D eigenvalue weighted by molar-refractivity contribution is 5.85. The molecule has 0 spiro atoms. The van der Waals surface area contributed by atoms with Crippen molar-refractivity contribution in [3.05, 3.63) is 0 Å². The molecule has 1 atom stereocenters. The van der Waals surface area contributed by atoms with Gasteiger partial charge in [0.15, 0.2) is 0 Å². The number of carbonyl (C=O) groups is 1. The molecule has 0 bridgehead atoms. The Kier molecular flexibility index (Phi) is 8.69. The Morgan fingerprint density at radius 2 is 1.95 bits per heavy atom. The molecule has 0 aromatic heterocycles. The summed E-state index contributed by atoms with van der Waals surface area (Å²) in [5.41, 5.74) is -0.424. The van der Waals surface area contributed by atoms with Gasteiger partial charge in [0, 0.05) is 13.7 Å². The molecule has 1 aliphatic heterocycles. The Labute approximate surface area is 140 Å². The average Bonchev–Trinajstić information content (AvgIpc) is 2.54. The minimum absolute atomic E-state index is 0. The molecule has 1 saturated carbocycles.